The van der Waals surface area contributed by atoms with E-state index in [2.05, 4.69) is 5.32 Å². The molecule has 1 heterocycles. The number of anilines is 1. The van der Waals surface area contributed by atoms with Gasteiger partial charge in [0, 0.05) is 6.54 Å². The van der Waals surface area contributed by atoms with Gasteiger partial charge in [-0.05, 0) is 71.3 Å². The normalized spacial score (nSPS) is 15.2. The number of carbonyl (C=O) groups is 1. The fraction of sp³-hybridized carbons (Fsp3) is 0.179. The Morgan fingerprint density at radius 2 is 1.75 bits per heavy atom. The van der Waals surface area contributed by atoms with Gasteiger partial charge < -0.3 is 14.8 Å². The van der Waals surface area contributed by atoms with Crippen LogP contribution >= 0.6 is 0 Å². The molecule has 0 bridgehead atoms. The summed E-state index contributed by atoms with van der Waals surface area (Å²) in [6.07, 6.45) is -1.01. The van der Waals surface area contributed by atoms with Crippen LogP contribution in [-0.4, -0.2) is 34.1 Å². The Bertz CT molecular complexity index is 1530. The summed E-state index contributed by atoms with van der Waals surface area (Å²) < 4.78 is 39.6. The molecule has 0 spiro atoms. The summed E-state index contributed by atoms with van der Waals surface area (Å²) in [6.45, 7) is 2.03. The summed E-state index contributed by atoms with van der Waals surface area (Å²) in [5.41, 5.74) is 2.23. The predicted molar refractivity (Wildman–Crippen MR) is 139 cm³/mol. The molecule has 0 saturated heterocycles. The van der Waals surface area contributed by atoms with Gasteiger partial charge in [0.05, 0.1) is 24.2 Å². The summed E-state index contributed by atoms with van der Waals surface area (Å²) in [5, 5.41) is 5.10. The first-order chi connectivity index (χ1) is 17.3. The molecule has 1 aliphatic rings. The Hall–Kier alpha value is -4.04. The number of hydrogen-bond donors (Lipinski definition) is 1. The number of ether oxygens (including phenoxy) is 2. The average molecular weight is 503 g/mol. The zero-order valence-electron chi connectivity index (χ0n) is 20.0. The van der Waals surface area contributed by atoms with Crippen molar-refractivity contribution in [3.8, 4) is 11.5 Å². The molecule has 0 aromatic heterocycles. The minimum atomic E-state index is -3.96. The van der Waals surface area contributed by atoms with Crippen LogP contribution in [0.2, 0.25) is 0 Å². The third-order valence-corrected chi connectivity index (χ3v) is 8.00. The summed E-state index contributed by atoms with van der Waals surface area (Å²) in [6, 6.07) is 25.5. The molecule has 0 fully saturated rings. The molecule has 1 atom stereocenters. The number of nitrogens with one attached hydrogen (secondary N) is 1. The number of nitrogens with zero attached hydrogens (tertiary/aromatic N) is 1. The number of sulfonamides is 1. The van der Waals surface area contributed by atoms with Gasteiger partial charge >= 0.3 is 0 Å². The van der Waals surface area contributed by atoms with Gasteiger partial charge in [-0.15, -0.1) is 0 Å². The number of methoxy groups -OCH3 is 1. The summed E-state index contributed by atoms with van der Waals surface area (Å²) in [7, 11) is -2.44. The third kappa shape index (κ3) is 4.59. The largest absolute Gasteiger partial charge is 0.497 e. The third-order valence-electron chi connectivity index (χ3n) is 6.20. The van der Waals surface area contributed by atoms with Crippen LogP contribution in [0.3, 0.4) is 0 Å². The molecule has 36 heavy (non-hydrogen) atoms. The topological polar surface area (TPSA) is 84.9 Å². The van der Waals surface area contributed by atoms with E-state index in [1.165, 1.54) is 23.5 Å². The molecule has 1 N–H and O–H groups in total. The highest BCUT2D eigenvalue weighted by Crippen LogP contribution is 2.38. The van der Waals surface area contributed by atoms with Crippen molar-refractivity contribution in [3.63, 3.8) is 0 Å². The minimum Gasteiger partial charge on any atom is -0.497 e. The number of benzene rings is 4. The summed E-state index contributed by atoms with van der Waals surface area (Å²) >= 11 is 0. The van der Waals surface area contributed by atoms with Crippen molar-refractivity contribution in [1.82, 2.24) is 5.32 Å². The second-order valence-electron chi connectivity index (χ2n) is 8.69. The van der Waals surface area contributed by atoms with E-state index in [1.807, 2.05) is 55.5 Å². The standard InChI is InChI=1S/C28H26N2O5S/c1-19-7-14-26-25(15-19)30(36(32,33)24-12-10-23(34-2)11-13-24)18-27(35-26)28(31)29-17-20-8-9-21-5-3-4-6-22(21)16-20/h3-16,27H,17-18H2,1-2H3,(H,29,31)/t27-/m0/s1. The second kappa shape index (κ2) is 9.54. The van der Waals surface area contributed by atoms with Gasteiger partial charge in [0.2, 0.25) is 0 Å². The molecule has 8 heteroatoms. The maximum absolute atomic E-state index is 13.6. The first kappa shape index (κ1) is 23.7. The fourth-order valence-electron chi connectivity index (χ4n) is 4.25. The van der Waals surface area contributed by atoms with Gasteiger partial charge in [0.25, 0.3) is 15.9 Å². The molecule has 0 aliphatic carbocycles. The molecule has 7 nitrogen and oxygen atoms in total. The van der Waals surface area contributed by atoms with Crippen LogP contribution in [0.1, 0.15) is 11.1 Å². The Morgan fingerprint density at radius 1 is 1.00 bits per heavy atom. The lowest BCUT2D eigenvalue weighted by Gasteiger charge is -2.35. The molecule has 0 unspecified atom stereocenters. The van der Waals surface area contributed by atoms with Crippen molar-refractivity contribution < 1.29 is 22.7 Å². The van der Waals surface area contributed by atoms with Gasteiger partial charge in [-0.3, -0.25) is 9.10 Å². The van der Waals surface area contributed by atoms with Gasteiger partial charge in [-0.2, -0.15) is 0 Å². The zero-order valence-corrected chi connectivity index (χ0v) is 20.8. The molecular formula is C28H26N2O5S. The number of amides is 1. The first-order valence-corrected chi connectivity index (χ1v) is 13.0. The molecule has 1 aliphatic heterocycles. The van der Waals surface area contributed by atoms with E-state index in [-0.39, 0.29) is 17.3 Å². The summed E-state index contributed by atoms with van der Waals surface area (Å²) in [5.74, 6) is 0.511. The van der Waals surface area contributed by atoms with E-state index in [0.29, 0.717) is 23.7 Å². The van der Waals surface area contributed by atoms with Crippen LogP contribution < -0.4 is 19.1 Å². The van der Waals surface area contributed by atoms with Crippen LogP contribution in [0.5, 0.6) is 11.5 Å². The Balaban J connectivity index is 1.40. The molecule has 184 valence electrons. The Kier molecular flexibility index (Phi) is 6.28. The lowest BCUT2D eigenvalue weighted by molar-refractivity contribution is -0.127. The van der Waals surface area contributed by atoms with Crippen LogP contribution in [0.4, 0.5) is 5.69 Å². The van der Waals surface area contributed by atoms with E-state index >= 15 is 0 Å². The highest BCUT2D eigenvalue weighted by molar-refractivity contribution is 7.92. The van der Waals surface area contributed by atoms with E-state index < -0.39 is 16.1 Å². The van der Waals surface area contributed by atoms with Crippen molar-refractivity contribution in [3.05, 3.63) is 96.1 Å². The second-order valence-corrected chi connectivity index (χ2v) is 10.6. The fourth-order valence-corrected chi connectivity index (χ4v) is 5.72. The molecular weight excluding hydrogens is 476 g/mol. The highest BCUT2D eigenvalue weighted by Gasteiger charge is 2.37. The van der Waals surface area contributed by atoms with Crippen molar-refractivity contribution in [2.45, 2.75) is 24.5 Å². The van der Waals surface area contributed by atoms with E-state index in [0.717, 1.165) is 21.9 Å². The van der Waals surface area contributed by atoms with E-state index in [4.69, 9.17) is 9.47 Å². The quantitative estimate of drug-likeness (QED) is 0.422. The monoisotopic (exact) mass is 502 g/mol. The number of fused-ring (bicyclic) bond motifs is 2. The van der Waals surface area contributed by atoms with Crippen LogP contribution in [0.25, 0.3) is 10.8 Å². The zero-order chi connectivity index (χ0) is 25.3. The molecule has 1 amide bonds. The number of carbonyl (C=O) groups excluding carboxylic acids is 1. The Morgan fingerprint density at radius 3 is 2.50 bits per heavy atom. The van der Waals surface area contributed by atoms with Crippen molar-refractivity contribution in [2.75, 3.05) is 18.0 Å². The number of hydrogen-bond acceptors (Lipinski definition) is 5. The van der Waals surface area contributed by atoms with Gasteiger partial charge in [-0.1, -0.05) is 42.5 Å². The predicted octanol–water partition coefficient (Wildman–Crippen LogP) is 4.43. The number of aryl methyl sites for hydroxylation is 1. The van der Waals surface area contributed by atoms with Crippen molar-refractivity contribution in [1.29, 1.82) is 0 Å². The molecule has 4 aromatic carbocycles. The lowest BCUT2D eigenvalue weighted by Crippen LogP contribution is -2.50. The molecule has 5 rings (SSSR count). The van der Waals surface area contributed by atoms with Crippen molar-refractivity contribution >= 4 is 32.4 Å². The average Bonchev–Trinajstić information content (AvgIpc) is 2.91. The van der Waals surface area contributed by atoms with Crippen LogP contribution in [-0.2, 0) is 21.4 Å². The van der Waals surface area contributed by atoms with Crippen LogP contribution in [0, 0.1) is 6.92 Å². The first-order valence-electron chi connectivity index (χ1n) is 11.5. The van der Waals surface area contributed by atoms with Gasteiger partial charge in [0.1, 0.15) is 11.5 Å². The van der Waals surface area contributed by atoms with Gasteiger partial charge in [0.15, 0.2) is 6.10 Å². The molecule has 0 saturated carbocycles. The summed E-state index contributed by atoms with van der Waals surface area (Å²) in [4.78, 5) is 13.2. The van der Waals surface area contributed by atoms with E-state index in [9.17, 15) is 13.2 Å². The molecule has 4 aromatic rings. The number of rotatable bonds is 6. The van der Waals surface area contributed by atoms with Crippen molar-refractivity contribution in [2.24, 2.45) is 0 Å². The maximum atomic E-state index is 13.6. The van der Waals surface area contributed by atoms with E-state index in [1.54, 1.807) is 24.3 Å². The minimum absolute atomic E-state index is 0.105. The molecule has 0 radical (unpaired) electrons. The smallest absolute Gasteiger partial charge is 0.264 e. The van der Waals surface area contributed by atoms with Gasteiger partial charge in [-0.25, -0.2) is 8.42 Å². The van der Waals surface area contributed by atoms with Crippen LogP contribution in [0.15, 0.2) is 89.8 Å². The highest BCUT2D eigenvalue weighted by atomic mass is 32.2. The maximum Gasteiger partial charge on any atom is 0.264 e. The SMILES string of the molecule is COc1ccc(S(=O)(=O)N2C[C@@H](C(=O)NCc3ccc4ccccc4c3)Oc3ccc(C)cc32)cc1. The lowest BCUT2D eigenvalue weighted by atomic mass is 10.1. The Labute approximate surface area is 210 Å².